The minimum Gasteiger partial charge on any atom is -0.384 e. The van der Waals surface area contributed by atoms with Crippen molar-refractivity contribution in [1.82, 2.24) is 5.32 Å². The average molecular weight is 173 g/mol. The highest BCUT2D eigenvalue weighted by molar-refractivity contribution is 4.71. The monoisotopic (exact) mass is 173 g/mol. The van der Waals surface area contributed by atoms with Gasteiger partial charge < -0.3 is 10.1 Å². The molecule has 2 unspecified atom stereocenters. The van der Waals surface area contributed by atoms with Crippen molar-refractivity contribution in [2.75, 3.05) is 20.8 Å². The van der Waals surface area contributed by atoms with Gasteiger partial charge in [-0.25, -0.2) is 0 Å². The van der Waals surface area contributed by atoms with E-state index in [1.165, 1.54) is 6.42 Å². The van der Waals surface area contributed by atoms with Gasteiger partial charge in [0.1, 0.15) is 0 Å². The largest absolute Gasteiger partial charge is 0.384 e. The highest BCUT2D eigenvalue weighted by atomic mass is 16.5. The van der Waals surface area contributed by atoms with Crippen molar-refractivity contribution in [3.8, 4) is 0 Å². The first-order chi connectivity index (χ1) is 5.61. The molecular formula is C10H23NO. The molecule has 0 fully saturated rings. The molecule has 0 amide bonds. The van der Waals surface area contributed by atoms with Gasteiger partial charge in [0.05, 0.1) is 0 Å². The minimum atomic E-state index is 0.621. The summed E-state index contributed by atoms with van der Waals surface area (Å²) in [6.45, 7) is 7.60. The molecule has 2 atom stereocenters. The van der Waals surface area contributed by atoms with Gasteiger partial charge in [0, 0.05) is 19.8 Å². The zero-order chi connectivity index (χ0) is 9.56. The molecule has 0 radical (unpaired) electrons. The molecule has 0 bridgehead atoms. The third-order valence-electron chi connectivity index (χ3n) is 2.28. The van der Waals surface area contributed by atoms with Crippen LogP contribution in [0.4, 0.5) is 0 Å². The Morgan fingerprint density at radius 2 is 1.83 bits per heavy atom. The predicted molar refractivity (Wildman–Crippen MR) is 53.3 cm³/mol. The smallest absolute Gasteiger partial charge is 0.0488 e. The van der Waals surface area contributed by atoms with Crippen LogP contribution in [-0.2, 0) is 4.74 Å². The maximum absolute atomic E-state index is 5.10. The number of hydrogen-bond acceptors (Lipinski definition) is 2. The molecule has 0 saturated carbocycles. The summed E-state index contributed by atoms with van der Waals surface area (Å²) in [5.41, 5.74) is 0. The first-order valence-electron chi connectivity index (χ1n) is 4.78. The molecule has 0 heterocycles. The van der Waals surface area contributed by atoms with Crippen molar-refractivity contribution in [3.05, 3.63) is 0 Å². The maximum Gasteiger partial charge on any atom is 0.0488 e. The van der Waals surface area contributed by atoms with E-state index in [-0.39, 0.29) is 0 Å². The van der Waals surface area contributed by atoms with Crippen LogP contribution in [0.1, 0.15) is 27.2 Å². The Kier molecular flexibility index (Phi) is 6.39. The lowest BCUT2D eigenvalue weighted by molar-refractivity contribution is 0.145. The van der Waals surface area contributed by atoms with Gasteiger partial charge in [0.15, 0.2) is 0 Å². The van der Waals surface area contributed by atoms with Crippen molar-refractivity contribution in [2.24, 2.45) is 11.8 Å². The standard InChI is InChI=1S/C10H23NO/c1-8(2)10(11-4)6-9(3)7-12-5/h8-11H,6-7H2,1-5H3. The predicted octanol–water partition coefficient (Wildman–Crippen LogP) is 1.90. The van der Waals surface area contributed by atoms with Crippen LogP contribution in [0.5, 0.6) is 0 Å². The number of methoxy groups -OCH3 is 1. The minimum absolute atomic E-state index is 0.621. The van der Waals surface area contributed by atoms with E-state index in [0.717, 1.165) is 6.61 Å². The Bertz CT molecular complexity index is 104. The van der Waals surface area contributed by atoms with Gasteiger partial charge in [-0.1, -0.05) is 20.8 Å². The normalized spacial score (nSPS) is 16.5. The Hall–Kier alpha value is -0.0800. The summed E-state index contributed by atoms with van der Waals surface area (Å²) in [4.78, 5) is 0. The summed E-state index contributed by atoms with van der Waals surface area (Å²) in [5.74, 6) is 1.35. The molecule has 0 aliphatic heterocycles. The quantitative estimate of drug-likeness (QED) is 0.662. The van der Waals surface area contributed by atoms with Gasteiger partial charge in [-0.2, -0.15) is 0 Å². The first-order valence-corrected chi connectivity index (χ1v) is 4.78. The number of hydrogen-bond donors (Lipinski definition) is 1. The summed E-state index contributed by atoms with van der Waals surface area (Å²) in [6, 6.07) is 0.621. The maximum atomic E-state index is 5.10. The van der Waals surface area contributed by atoms with E-state index in [0.29, 0.717) is 17.9 Å². The van der Waals surface area contributed by atoms with E-state index in [2.05, 4.69) is 26.1 Å². The Balaban J connectivity index is 3.69. The van der Waals surface area contributed by atoms with Crippen molar-refractivity contribution in [1.29, 1.82) is 0 Å². The lowest BCUT2D eigenvalue weighted by Gasteiger charge is -2.23. The average Bonchev–Trinajstić information content (AvgIpc) is 2.00. The number of nitrogens with one attached hydrogen (secondary N) is 1. The van der Waals surface area contributed by atoms with E-state index in [1.54, 1.807) is 7.11 Å². The summed E-state index contributed by atoms with van der Waals surface area (Å²) >= 11 is 0. The van der Waals surface area contributed by atoms with Crippen LogP contribution in [0.15, 0.2) is 0 Å². The molecule has 0 rings (SSSR count). The van der Waals surface area contributed by atoms with Crippen LogP contribution in [0, 0.1) is 11.8 Å². The van der Waals surface area contributed by atoms with Crippen LogP contribution in [0.25, 0.3) is 0 Å². The summed E-state index contributed by atoms with van der Waals surface area (Å²) in [7, 11) is 3.80. The Morgan fingerprint density at radius 3 is 2.17 bits per heavy atom. The second-order valence-electron chi connectivity index (χ2n) is 3.94. The second-order valence-corrected chi connectivity index (χ2v) is 3.94. The second kappa shape index (κ2) is 6.44. The van der Waals surface area contributed by atoms with Gasteiger partial charge in [0.2, 0.25) is 0 Å². The van der Waals surface area contributed by atoms with E-state index in [9.17, 15) is 0 Å². The van der Waals surface area contributed by atoms with Gasteiger partial charge in [-0.3, -0.25) is 0 Å². The fourth-order valence-electron chi connectivity index (χ4n) is 1.51. The fraction of sp³-hybridized carbons (Fsp3) is 1.00. The summed E-state index contributed by atoms with van der Waals surface area (Å²) in [6.07, 6.45) is 1.20. The van der Waals surface area contributed by atoms with E-state index < -0.39 is 0 Å². The van der Waals surface area contributed by atoms with Gasteiger partial charge in [-0.15, -0.1) is 0 Å². The van der Waals surface area contributed by atoms with Crippen molar-refractivity contribution in [3.63, 3.8) is 0 Å². The molecule has 0 saturated heterocycles. The topological polar surface area (TPSA) is 21.3 Å². The van der Waals surface area contributed by atoms with Crippen LogP contribution < -0.4 is 5.32 Å². The zero-order valence-corrected chi connectivity index (χ0v) is 9.05. The molecule has 2 nitrogen and oxygen atoms in total. The molecule has 0 spiro atoms. The van der Waals surface area contributed by atoms with E-state index in [4.69, 9.17) is 4.74 Å². The van der Waals surface area contributed by atoms with Crippen LogP contribution in [0.3, 0.4) is 0 Å². The molecule has 0 aliphatic rings. The third-order valence-corrected chi connectivity index (χ3v) is 2.28. The molecule has 2 heteroatoms. The number of rotatable bonds is 6. The molecule has 12 heavy (non-hydrogen) atoms. The lowest BCUT2D eigenvalue weighted by Crippen LogP contribution is -2.33. The lowest BCUT2D eigenvalue weighted by atomic mass is 9.94. The van der Waals surface area contributed by atoms with E-state index >= 15 is 0 Å². The Morgan fingerprint density at radius 1 is 1.25 bits per heavy atom. The van der Waals surface area contributed by atoms with Gasteiger partial charge in [0.25, 0.3) is 0 Å². The summed E-state index contributed by atoms with van der Waals surface area (Å²) in [5, 5.41) is 3.34. The third kappa shape index (κ3) is 4.73. The van der Waals surface area contributed by atoms with Gasteiger partial charge >= 0.3 is 0 Å². The highest BCUT2D eigenvalue weighted by Gasteiger charge is 2.14. The molecule has 0 aliphatic carbocycles. The molecule has 0 aromatic heterocycles. The molecule has 0 aromatic carbocycles. The Labute approximate surface area is 76.7 Å². The van der Waals surface area contributed by atoms with Crippen molar-refractivity contribution < 1.29 is 4.74 Å². The molecule has 74 valence electrons. The van der Waals surface area contributed by atoms with Crippen molar-refractivity contribution in [2.45, 2.75) is 33.2 Å². The van der Waals surface area contributed by atoms with Crippen molar-refractivity contribution >= 4 is 0 Å². The molecule has 0 aromatic rings. The van der Waals surface area contributed by atoms with Crippen LogP contribution >= 0.6 is 0 Å². The fourth-order valence-corrected chi connectivity index (χ4v) is 1.51. The summed E-state index contributed by atoms with van der Waals surface area (Å²) < 4.78 is 5.10. The molecule has 1 N–H and O–H groups in total. The zero-order valence-electron chi connectivity index (χ0n) is 9.05. The number of ether oxygens (including phenoxy) is 1. The van der Waals surface area contributed by atoms with Gasteiger partial charge in [-0.05, 0) is 25.3 Å². The highest BCUT2D eigenvalue weighted by Crippen LogP contribution is 2.12. The van der Waals surface area contributed by atoms with Crippen LogP contribution in [0.2, 0.25) is 0 Å². The van der Waals surface area contributed by atoms with E-state index in [1.807, 2.05) is 7.05 Å². The first kappa shape index (κ1) is 11.9. The molecular weight excluding hydrogens is 150 g/mol. The SMILES string of the molecule is CNC(CC(C)COC)C(C)C. The van der Waals surface area contributed by atoms with Crippen LogP contribution in [-0.4, -0.2) is 26.8 Å².